The predicted molar refractivity (Wildman–Crippen MR) is 66.9 cm³/mol. The van der Waals surface area contributed by atoms with Gasteiger partial charge in [-0.25, -0.2) is 0 Å². The molecule has 0 aliphatic carbocycles. The molecule has 0 spiro atoms. The van der Waals surface area contributed by atoms with Gasteiger partial charge in [-0.3, -0.25) is 0 Å². The smallest absolute Gasteiger partial charge is 0.148 e. The number of thiophene rings is 2. The van der Waals surface area contributed by atoms with Crippen LogP contribution in [0.15, 0.2) is 16.5 Å². The van der Waals surface area contributed by atoms with Gasteiger partial charge in [-0.05, 0) is 35.6 Å². The molecule has 0 N–H and O–H groups in total. The lowest BCUT2D eigenvalue weighted by Crippen LogP contribution is -1.50. The first-order valence-electron chi connectivity index (χ1n) is 3.82. The van der Waals surface area contributed by atoms with Gasteiger partial charge in [-0.15, -0.1) is 22.7 Å². The molecular formula is C9H5IOS2. The lowest BCUT2D eigenvalue weighted by atomic mass is 10.4. The van der Waals surface area contributed by atoms with E-state index in [-0.39, 0.29) is 0 Å². The summed E-state index contributed by atoms with van der Waals surface area (Å²) in [5.41, 5.74) is 2.08. The number of aryl methyl sites for hydroxylation is 1. The topological polar surface area (TPSA) is 13.1 Å². The molecule has 0 fully saturated rings. The number of halogens is 1. The average molecular weight is 320 g/mol. The van der Waals surface area contributed by atoms with Crippen molar-refractivity contribution in [1.29, 1.82) is 0 Å². The van der Waals surface area contributed by atoms with Crippen LogP contribution in [0.3, 0.4) is 0 Å². The fourth-order valence-corrected chi connectivity index (χ4v) is 4.25. The van der Waals surface area contributed by atoms with Gasteiger partial charge >= 0.3 is 0 Å². The van der Waals surface area contributed by atoms with Crippen molar-refractivity contribution < 1.29 is 4.42 Å². The Labute approximate surface area is 96.5 Å². The van der Waals surface area contributed by atoms with Crippen LogP contribution in [-0.2, 0) is 0 Å². The monoisotopic (exact) mass is 320 g/mol. The Morgan fingerprint density at radius 1 is 1.15 bits per heavy atom. The van der Waals surface area contributed by atoms with Gasteiger partial charge in [0.05, 0.1) is 12.3 Å². The van der Waals surface area contributed by atoms with Crippen LogP contribution >= 0.6 is 45.3 Å². The molecule has 0 saturated heterocycles. The van der Waals surface area contributed by atoms with E-state index in [1.54, 1.807) is 11.3 Å². The van der Waals surface area contributed by atoms with E-state index >= 15 is 0 Å². The first kappa shape index (κ1) is 8.26. The van der Waals surface area contributed by atoms with Crippen molar-refractivity contribution in [2.45, 2.75) is 6.92 Å². The minimum Gasteiger partial charge on any atom is -0.454 e. The van der Waals surface area contributed by atoms with Crippen LogP contribution in [0.25, 0.3) is 20.6 Å². The summed E-state index contributed by atoms with van der Waals surface area (Å²) in [5, 5.41) is 0. The van der Waals surface area contributed by atoms with Gasteiger partial charge in [-0.1, -0.05) is 0 Å². The van der Waals surface area contributed by atoms with Gasteiger partial charge in [0, 0.05) is 10.9 Å². The van der Waals surface area contributed by atoms with E-state index in [0.29, 0.717) is 0 Å². The Morgan fingerprint density at radius 2 is 1.85 bits per heavy atom. The maximum absolute atomic E-state index is 5.71. The van der Waals surface area contributed by atoms with E-state index in [9.17, 15) is 0 Å². The third-order valence-electron chi connectivity index (χ3n) is 1.92. The highest BCUT2D eigenvalue weighted by atomic mass is 127. The van der Waals surface area contributed by atoms with E-state index in [1.807, 2.05) is 11.3 Å². The lowest BCUT2D eigenvalue weighted by Gasteiger charge is -1.74. The maximum atomic E-state index is 5.71. The van der Waals surface area contributed by atoms with Crippen molar-refractivity contribution >= 4 is 65.8 Å². The zero-order valence-electron chi connectivity index (χ0n) is 6.76. The van der Waals surface area contributed by atoms with E-state index < -0.39 is 0 Å². The Bertz CT molecular complexity index is 536. The van der Waals surface area contributed by atoms with Crippen LogP contribution in [0.5, 0.6) is 0 Å². The highest BCUT2D eigenvalue weighted by molar-refractivity contribution is 14.1. The number of hydrogen-bond acceptors (Lipinski definition) is 3. The average Bonchev–Trinajstić information content (AvgIpc) is 2.60. The molecule has 1 nitrogen and oxygen atoms in total. The molecule has 0 atom stereocenters. The Kier molecular flexibility index (Phi) is 1.72. The van der Waals surface area contributed by atoms with Crippen LogP contribution < -0.4 is 0 Å². The van der Waals surface area contributed by atoms with Crippen LogP contribution in [0.2, 0.25) is 0 Å². The second-order valence-electron chi connectivity index (χ2n) is 2.90. The summed E-state index contributed by atoms with van der Waals surface area (Å²) in [6.07, 6.45) is 0. The zero-order valence-corrected chi connectivity index (χ0v) is 10.5. The Balaban J connectivity index is 2.56. The quantitative estimate of drug-likeness (QED) is 0.551. The first-order chi connectivity index (χ1) is 6.24. The number of hydrogen-bond donors (Lipinski definition) is 0. The third kappa shape index (κ3) is 1.15. The summed E-state index contributed by atoms with van der Waals surface area (Å²) in [5.74, 6) is 0. The molecule has 0 saturated carbocycles. The zero-order chi connectivity index (χ0) is 9.00. The molecule has 0 radical (unpaired) electrons. The van der Waals surface area contributed by atoms with Gasteiger partial charge in [0.15, 0.2) is 0 Å². The van der Waals surface area contributed by atoms with Crippen molar-refractivity contribution in [1.82, 2.24) is 0 Å². The van der Waals surface area contributed by atoms with Crippen molar-refractivity contribution in [3.8, 4) is 0 Å². The number of fused-ring (bicyclic) bond motifs is 3. The van der Waals surface area contributed by atoms with Crippen molar-refractivity contribution in [3.05, 3.63) is 19.9 Å². The molecule has 3 aromatic rings. The standard InChI is InChI=1S/C9H5IOS2/c1-4-2-5-8(12-4)9-6(11-5)3-7(10)13-9/h2-3H,1H3. The molecule has 13 heavy (non-hydrogen) atoms. The molecule has 0 amide bonds. The van der Waals surface area contributed by atoms with Crippen LogP contribution in [0.4, 0.5) is 0 Å². The maximum Gasteiger partial charge on any atom is 0.148 e. The summed E-state index contributed by atoms with van der Waals surface area (Å²) >= 11 is 5.95. The summed E-state index contributed by atoms with van der Waals surface area (Å²) in [6, 6.07) is 4.21. The molecule has 0 aliphatic heterocycles. The second-order valence-corrected chi connectivity index (χ2v) is 7.10. The molecule has 3 heterocycles. The van der Waals surface area contributed by atoms with Crippen molar-refractivity contribution in [2.75, 3.05) is 0 Å². The molecule has 4 heteroatoms. The molecule has 3 rings (SSSR count). The number of rotatable bonds is 0. The van der Waals surface area contributed by atoms with Crippen LogP contribution in [0.1, 0.15) is 4.88 Å². The van der Waals surface area contributed by atoms with E-state index in [0.717, 1.165) is 11.2 Å². The summed E-state index contributed by atoms with van der Waals surface area (Å²) in [6.45, 7) is 2.12. The fourth-order valence-electron chi connectivity index (χ4n) is 1.42. The molecule has 0 aromatic carbocycles. The molecule has 0 aliphatic rings. The van der Waals surface area contributed by atoms with Gasteiger partial charge < -0.3 is 4.42 Å². The minimum absolute atomic E-state index is 1.04. The summed E-state index contributed by atoms with van der Waals surface area (Å²) in [7, 11) is 0. The van der Waals surface area contributed by atoms with E-state index in [1.165, 1.54) is 17.2 Å². The SMILES string of the molecule is Cc1cc2oc3cc(I)sc3c2s1. The Morgan fingerprint density at radius 3 is 2.69 bits per heavy atom. The van der Waals surface area contributed by atoms with Crippen LogP contribution in [-0.4, -0.2) is 0 Å². The molecule has 66 valence electrons. The second kappa shape index (κ2) is 2.71. The Hall–Kier alpha value is -0.0700. The van der Waals surface area contributed by atoms with Gasteiger partial charge in [0.1, 0.15) is 11.2 Å². The summed E-state index contributed by atoms with van der Waals surface area (Å²) in [4.78, 5) is 1.32. The largest absolute Gasteiger partial charge is 0.454 e. The molecule has 0 unspecified atom stereocenters. The normalized spacial score (nSPS) is 11.8. The third-order valence-corrected chi connectivity index (χ3v) is 4.99. The minimum atomic E-state index is 1.04. The highest BCUT2D eigenvalue weighted by Crippen LogP contribution is 2.39. The fraction of sp³-hybridized carbons (Fsp3) is 0.111. The predicted octanol–water partition coefficient (Wildman–Crippen LogP) is 4.62. The van der Waals surface area contributed by atoms with Crippen molar-refractivity contribution in [3.63, 3.8) is 0 Å². The summed E-state index contributed by atoms with van der Waals surface area (Å²) < 4.78 is 9.61. The number of furan rings is 1. The molecule has 3 aromatic heterocycles. The van der Waals surface area contributed by atoms with E-state index in [4.69, 9.17) is 4.42 Å². The van der Waals surface area contributed by atoms with Gasteiger partial charge in [-0.2, -0.15) is 0 Å². The van der Waals surface area contributed by atoms with Gasteiger partial charge in [0.25, 0.3) is 0 Å². The van der Waals surface area contributed by atoms with Crippen molar-refractivity contribution in [2.24, 2.45) is 0 Å². The molecule has 0 bridgehead atoms. The van der Waals surface area contributed by atoms with Crippen LogP contribution in [0, 0.1) is 9.81 Å². The molecular weight excluding hydrogens is 315 g/mol. The first-order valence-corrected chi connectivity index (χ1v) is 6.53. The van der Waals surface area contributed by atoms with Gasteiger partial charge in [0.2, 0.25) is 0 Å². The van der Waals surface area contributed by atoms with E-state index in [2.05, 4.69) is 41.6 Å². The highest BCUT2D eigenvalue weighted by Gasteiger charge is 2.12. The lowest BCUT2D eigenvalue weighted by molar-refractivity contribution is 0.670.